The molecule has 0 radical (unpaired) electrons. The van der Waals surface area contributed by atoms with Gasteiger partial charge in [-0.15, -0.1) is 0 Å². The van der Waals surface area contributed by atoms with E-state index in [1.54, 1.807) is 6.26 Å². The standard InChI is InChI=1S/C5H12N2OS/c1-4(2)6-5(8)7-9-3/h4H,1-3H3,(H2,6,7,8). The Morgan fingerprint density at radius 3 is 2.44 bits per heavy atom. The molecule has 2 amide bonds. The fourth-order valence-electron chi connectivity index (χ4n) is 0.384. The summed E-state index contributed by atoms with van der Waals surface area (Å²) in [5.41, 5.74) is 0. The van der Waals surface area contributed by atoms with E-state index in [0.717, 1.165) is 0 Å². The number of carbonyl (C=O) groups is 1. The molecule has 0 aliphatic rings. The van der Waals surface area contributed by atoms with E-state index in [1.807, 2.05) is 13.8 Å². The molecule has 0 aromatic heterocycles. The molecule has 0 spiro atoms. The number of hydrogen-bond acceptors (Lipinski definition) is 2. The molecule has 0 unspecified atom stereocenters. The van der Waals surface area contributed by atoms with Crippen LogP contribution in [0.25, 0.3) is 0 Å². The summed E-state index contributed by atoms with van der Waals surface area (Å²) in [5, 5.41) is 2.67. The molecule has 0 saturated heterocycles. The zero-order valence-corrected chi connectivity index (χ0v) is 6.71. The third kappa shape index (κ3) is 5.49. The monoisotopic (exact) mass is 148 g/mol. The number of urea groups is 1. The summed E-state index contributed by atoms with van der Waals surface area (Å²) in [6.45, 7) is 3.83. The van der Waals surface area contributed by atoms with Crippen molar-refractivity contribution in [2.24, 2.45) is 0 Å². The van der Waals surface area contributed by atoms with E-state index in [0.29, 0.717) is 0 Å². The van der Waals surface area contributed by atoms with Gasteiger partial charge in [0.1, 0.15) is 0 Å². The molecule has 0 heterocycles. The predicted molar refractivity (Wildman–Crippen MR) is 40.3 cm³/mol. The Morgan fingerprint density at radius 2 is 2.11 bits per heavy atom. The number of nitrogens with one attached hydrogen (secondary N) is 2. The second-order valence-electron chi connectivity index (χ2n) is 1.93. The number of amides is 2. The number of rotatable bonds is 2. The van der Waals surface area contributed by atoms with Gasteiger partial charge >= 0.3 is 6.03 Å². The minimum Gasteiger partial charge on any atom is -0.335 e. The quantitative estimate of drug-likeness (QED) is 0.573. The van der Waals surface area contributed by atoms with E-state index in [2.05, 4.69) is 10.0 Å². The molecule has 4 heteroatoms. The molecular weight excluding hydrogens is 136 g/mol. The van der Waals surface area contributed by atoms with E-state index in [1.165, 1.54) is 11.9 Å². The Bertz CT molecular complexity index is 95.0. The molecule has 54 valence electrons. The van der Waals surface area contributed by atoms with Gasteiger partial charge in [0.25, 0.3) is 0 Å². The predicted octanol–water partition coefficient (Wildman–Crippen LogP) is 0.972. The number of hydrogen-bond donors (Lipinski definition) is 2. The molecule has 0 aromatic rings. The minimum absolute atomic E-state index is 0.127. The van der Waals surface area contributed by atoms with Gasteiger partial charge < -0.3 is 5.32 Å². The first-order chi connectivity index (χ1) is 4.16. The van der Waals surface area contributed by atoms with E-state index >= 15 is 0 Å². The van der Waals surface area contributed by atoms with Gasteiger partial charge in [0, 0.05) is 12.3 Å². The van der Waals surface area contributed by atoms with Gasteiger partial charge in [0.15, 0.2) is 0 Å². The van der Waals surface area contributed by atoms with Gasteiger partial charge in [-0.05, 0) is 13.8 Å². The highest BCUT2D eigenvalue weighted by Gasteiger charge is 1.98. The van der Waals surface area contributed by atoms with Crippen LogP contribution in [0.4, 0.5) is 4.79 Å². The molecule has 0 saturated carbocycles. The highest BCUT2D eigenvalue weighted by Crippen LogP contribution is 1.82. The summed E-state index contributed by atoms with van der Waals surface area (Å²) in [4.78, 5) is 10.6. The Morgan fingerprint density at radius 1 is 1.56 bits per heavy atom. The van der Waals surface area contributed by atoms with Crippen LogP contribution in [-0.4, -0.2) is 18.3 Å². The molecular formula is C5H12N2OS. The molecule has 0 fully saturated rings. The highest BCUT2D eigenvalue weighted by atomic mass is 32.2. The van der Waals surface area contributed by atoms with Crippen LogP contribution in [0.2, 0.25) is 0 Å². The van der Waals surface area contributed by atoms with Crippen LogP contribution in [-0.2, 0) is 0 Å². The average Bonchev–Trinajstić information content (AvgIpc) is 1.63. The zero-order valence-electron chi connectivity index (χ0n) is 5.89. The van der Waals surface area contributed by atoms with Crippen LogP contribution in [0.3, 0.4) is 0 Å². The van der Waals surface area contributed by atoms with Crippen molar-refractivity contribution in [3.8, 4) is 0 Å². The van der Waals surface area contributed by atoms with E-state index in [4.69, 9.17) is 0 Å². The molecule has 0 rings (SSSR count). The molecule has 0 aliphatic carbocycles. The van der Waals surface area contributed by atoms with Gasteiger partial charge in [-0.3, -0.25) is 4.72 Å². The second-order valence-corrected chi connectivity index (χ2v) is 2.55. The molecule has 0 bridgehead atoms. The van der Waals surface area contributed by atoms with Crippen LogP contribution in [0.5, 0.6) is 0 Å². The van der Waals surface area contributed by atoms with Crippen LogP contribution in [0.1, 0.15) is 13.8 Å². The Labute approximate surface area is 59.7 Å². The minimum atomic E-state index is -0.127. The average molecular weight is 148 g/mol. The molecule has 3 nitrogen and oxygen atoms in total. The first-order valence-corrected chi connectivity index (χ1v) is 3.98. The fraction of sp³-hybridized carbons (Fsp3) is 0.800. The lowest BCUT2D eigenvalue weighted by Crippen LogP contribution is -2.35. The van der Waals surface area contributed by atoms with E-state index in [-0.39, 0.29) is 12.1 Å². The van der Waals surface area contributed by atoms with Crippen molar-refractivity contribution >= 4 is 18.0 Å². The van der Waals surface area contributed by atoms with Gasteiger partial charge in [-0.1, -0.05) is 11.9 Å². The largest absolute Gasteiger partial charge is 0.335 e. The van der Waals surface area contributed by atoms with Crippen molar-refractivity contribution in [2.75, 3.05) is 6.26 Å². The summed E-state index contributed by atoms with van der Waals surface area (Å²) in [6.07, 6.45) is 1.81. The Hall–Kier alpha value is -0.380. The molecule has 0 aromatic carbocycles. The third-order valence-corrected chi connectivity index (χ3v) is 1.00. The van der Waals surface area contributed by atoms with Gasteiger partial charge in [0.05, 0.1) is 0 Å². The maximum atomic E-state index is 10.6. The van der Waals surface area contributed by atoms with Crippen LogP contribution >= 0.6 is 11.9 Å². The number of carbonyl (C=O) groups excluding carboxylic acids is 1. The summed E-state index contributed by atoms with van der Waals surface area (Å²) in [6, 6.07) is 0.0784. The van der Waals surface area contributed by atoms with E-state index in [9.17, 15) is 4.79 Å². The lowest BCUT2D eigenvalue weighted by atomic mass is 10.4. The zero-order chi connectivity index (χ0) is 7.28. The van der Waals surface area contributed by atoms with Crippen LogP contribution in [0.15, 0.2) is 0 Å². The lowest BCUT2D eigenvalue weighted by molar-refractivity contribution is 0.244. The van der Waals surface area contributed by atoms with Crippen LogP contribution in [0, 0.1) is 0 Å². The summed E-state index contributed by atoms with van der Waals surface area (Å²) in [7, 11) is 0. The molecule has 0 atom stereocenters. The third-order valence-electron chi connectivity index (χ3n) is 0.615. The summed E-state index contributed by atoms with van der Waals surface area (Å²) >= 11 is 1.29. The molecule has 9 heavy (non-hydrogen) atoms. The maximum Gasteiger partial charge on any atom is 0.324 e. The fourth-order valence-corrected chi connectivity index (χ4v) is 0.629. The first kappa shape index (κ1) is 8.62. The smallest absolute Gasteiger partial charge is 0.324 e. The van der Waals surface area contributed by atoms with Crippen LogP contribution < -0.4 is 10.0 Å². The van der Waals surface area contributed by atoms with Crippen molar-refractivity contribution in [3.63, 3.8) is 0 Å². The first-order valence-electron chi connectivity index (χ1n) is 2.76. The molecule has 0 aliphatic heterocycles. The Balaban J connectivity index is 3.27. The van der Waals surface area contributed by atoms with Gasteiger partial charge in [-0.25, -0.2) is 4.79 Å². The van der Waals surface area contributed by atoms with Crippen molar-refractivity contribution in [3.05, 3.63) is 0 Å². The topological polar surface area (TPSA) is 41.1 Å². The maximum absolute atomic E-state index is 10.6. The second kappa shape index (κ2) is 4.49. The summed E-state index contributed by atoms with van der Waals surface area (Å²) in [5.74, 6) is 0. The lowest BCUT2D eigenvalue weighted by Gasteiger charge is -2.06. The van der Waals surface area contributed by atoms with E-state index < -0.39 is 0 Å². The van der Waals surface area contributed by atoms with Gasteiger partial charge in [0.2, 0.25) is 0 Å². The van der Waals surface area contributed by atoms with Gasteiger partial charge in [-0.2, -0.15) is 0 Å². The Kier molecular flexibility index (Phi) is 4.30. The normalized spacial score (nSPS) is 9.33. The highest BCUT2D eigenvalue weighted by molar-refractivity contribution is 7.97. The molecule has 2 N–H and O–H groups in total. The van der Waals surface area contributed by atoms with Crippen molar-refractivity contribution in [1.29, 1.82) is 0 Å². The summed E-state index contributed by atoms with van der Waals surface area (Å²) < 4.78 is 2.54. The van der Waals surface area contributed by atoms with Crippen molar-refractivity contribution in [2.45, 2.75) is 19.9 Å². The van der Waals surface area contributed by atoms with Crippen molar-refractivity contribution < 1.29 is 4.79 Å². The SMILES string of the molecule is CSNC(=O)NC(C)C. The van der Waals surface area contributed by atoms with Crippen molar-refractivity contribution in [1.82, 2.24) is 10.0 Å².